The number of para-hydroxylation sites is 2. The number of aryl methyl sites for hydroxylation is 1. The van der Waals surface area contributed by atoms with Gasteiger partial charge in [-0.15, -0.1) is 11.8 Å². The number of rotatable bonds is 7. The molecule has 7 heteroatoms. The highest BCUT2D eigenvalue weighted by Gasteiger charge is 2.23. The molecule has 1 fully saturated rings. The van der Waals surface area contributed by atoms with Gasteiger partial charge in [-0.2, -0.15) is 0 Å². The van der Waals surface area contributed by atoms with Crippen LogP contribution < -0.4 is 15.0 Å². The Morgan fingerprint density at radius 1 is 1.27 bits per heavy atom. The first-order valence-electron chi connectivity index (χ1n) is 10.3. The number of imidazole rings is 1. The molecule has 0 aliphatic carbocycles. The van der Waals surface area contributed by atoms with Crippen molar-refractivity contribution in [1.82, 2.24) is 14.7 Å². The molecule has 1 aliphatic rings. The lowest BCUT2D eigenvalue weighted by Gasteiger charge is -2.35. The van der Waals surface area contributed by atoms with Crippen molar-refractivity contribution in [2.24, 2.45) is 0 Å². The van der Waals surface area contributed by atoms with Crippen LogP contribution in [0.2, 0.25) is 0 Å². The van der Waals surface area contributed by atoms with E-state index in [1.54, 1.807) is 18.9 Å². The minimum absolute atomic E-state index is 0.0893. The summed E-state index contributed by atoms with van der Waals surface area (Å²) in [4.78, 5) is 19.4. The number of carbonyl (C=O) groups excluding carboxylic acids is 1. The molecular formula is C23H28N4O2S. The number of benzene rings is 1. The van der Waals surface area contributed by atoms with E-state index in [1.165, 1.54) is 5.56 Å². The van der Waals surface area contributed by atoms with Gasteiger partial charge in [-0.25, -0.2) is 4.98 Å². The fraction of sp³-hybridized carbons (Fsp3) is 0.391. The van der Waals surface area contributed by atoms with E-state index in [1.807, 2.05) is 34.9 Å². The Hall–Kier alpha value is -2.67. The smallest absolute Gasteiger partial charge is 0.230 e. The standard InChI is InChI=1S/C23H28N4O2S/c1-17-9-10-22-24-19(14-27(22)12-17)15-30-16-23(28)25-18-6-5-11-26(13-18)20-7-3-4-8-21(20)29-2/h3-4,7-10,12,14,18H,5-6,11,13,15-16H2,1-2H3,(H,25,28). The van der Waals surface area contributed by atoms with E-state index in [2.05, 4.69) is 40.5 Å². The Kier molecular flexibility index (Phi) is 6.47. The van der Waals surface area contributed by atoms with Crippen molar-refractivity contribution in [1.29, 1.82) is 0 Å². The maximum Gasteiger partial charge on any atom is 0.230 e. The molecule has 2 aromatic heterocycles. The van der Waals surface area contributed by atoms with Crippen molar-refractivity contribution < 1.29 is 9.53 Å². The van der Waals surface area contributed by atoms with Gasteiger partial charge in [-0.1, -0.05) is 18.2 Å². The zero-order valence-corrected chi connectivity index (χ0v) is 18.3. The van der Waals surface area contributed by atoms with Crippen molar-refractivity contribution in [3.8, 4) is 5.75 Å². The number of amides is 1. The van der Waals surface area contributed by atoms with Crippen LogP contribution in [0.25, 0.3) is 5.65 Å². The van der Waals surface area contributed by atoms with E-state index in [0.29, 0.717) is 5.75 Å². The number of pyridine rings is 1. The zero-order valence-electron chi connectivity index (χ0n) is 17.5. The summed E-state index contributed by atoms with van der Waals surface area (Å²) in [6, 6.07) is 12.3. The van der Waals surface area contributed by atoms with Gasteiger partial charge in [0.15, 0.2) is 0 Å². The quantitative estimate of drug-likeness (QED) is 0.627. The van der Waals surface area contributed by atoms with Gasteiger partial charge in [-0.05, 0) is 43.5 Å². The van der Waals surface area contributed by atoms with Gasteiger partial charge in [-0.3, -0.25) is 4.79 Å². The molecule has 6 nitrogen and oxygen atoms in total. The van der Waals surface area contributed by atoms with Crippen LogP contribution in [-0.2, 0) is 10.5 Å². The number of methoxy groups -OCH3 is 1. The summed E-state index contributed by atoms with van der Waals surface area (Å²) in [7, 11) is 1.70. The first-order valence-corrected chi connectivity index (χ1v) is 11.5. The average Bonchev–Trinajstić information content (AvgIpc) is 3.15. The van der Waals surface area contributed by atoms with Crippen molar-refractivity contribution in [2.75, 3.05) is 30.9 Å². The van der Waals surface area contributed by atoms with Crippen LogP contribution >= 0.6 is 11.8 Å². The number of hydrogen-bond acceptors (Lipinski definition) is 5. The van der Waals surface area contributed by atoms with E-state index in [9.17, 15) is 4.79 Å². The molecule has 1 saturated heterocycles. The second-order valence-corrected chi connectivity index (χ2v) is 8.71. The minimum atomic E-state index is 0.0893. The lowest BCUT2D eigenvalue weighted by Crippen LogP contribution is -2.48. The molecule has 1 aromatic carbocycles. The molecule has 1 N–H and O–H groups in total. The van der Waals surface area contributed by atoms with E-state index in [-0.39, 0.29) is 11.9 Å². The maximum atomic E-state index is 12.5. The average molecular weight is 425 g/mol. The summed E-state index contributed by atoms with van der Waals surface area (Å²) in [5.41, 5.74) is 4.24. The lowest BCUT2D eigenvalue weighted by atomic mass is 10.0. The van der Waals surface area contributed by atoms with Gasteiger partial charge < -0.3 is 19.4 Å². The van der Waals surface area contributed by atoms with Crippen LogP contribution in [0.5, 0.6) is 5.75 Å². The molecule has 3 aromatic rings. The van der Waals surface area contributed by atoms with Crippen LogP contribution in [0.4, 0.5) is 5.69 Å². The van der Waals surface area contributed by atoms with Gasteiger partial charge in [0.05, 0.1) is 24.2 Å². The molecule has 1 unspecified atom stereocenters. The highest BCUT2D eigenvalue weighted by molar-refractivity contribution is 7.99. The maximum absolute atomic E-state index is 12.5. The molecule has 0 spiro atoms. The van der Waals surface area contributed by atoms with Gasteiger partial charge in [0.1, 0.15) is 11.4 Å². The number of anilines is 1. The van der Waals surface area contributed by atoms with E-state index in [4.69, 9.17) is 4.74 Å². The Morgan fingerprint density at radius 3 is 3.00 bits per heavy atom. The Bertz CT molecular complexity index is 1020. The summed E-state index contributed by atoms with van der Waals surface area (Å²) >= 11 is 1.60. The lowest BCUT2D eigenvalue weighted by molar-refractivity contribution is -0.119. The summed E-state index contributed by atoms with van der Waals surface area (Å²) in [5.74, 6) is 2.14. The van der Waals surface area contributed by atoms with E-state index >= 15 is 0 Å². The second kappa shape index (κ2) is 9.43. The zero-order chi connectivity index (χ0) is 20.9. The number of piperidine rings is 1. The number of fused-ring (bicyclic) bond motifs is 1. The Labute approximate surface area is 181 Å². The molecule has 1 atom stereocenters. The molecule has 4 rings (SSSR count). The van der Waals surface area contributed by atoms with Crippen molar-refractivity contribution in [2.45, 2.75) is 31.6 Å². The third kappa shape index (κ3) is 4.90. The van der Waals surface area contributed by atoms with Crippen LogP contribution in [0, 0.1) is 6.92 Å². The number of hydrogen-bond donors (Lipinski definition) is 1. The fourth-order valence-corrected chi connectivity index (χ4v) is 4.67. The first-order chi connectivity index (χ1) is 14.6. The van der Waals surface area contributed by atoms with Gasteiger partial charge in [0, 0.05) is 37.3 Å². The first kappa shape index (κ1) is 20.6. The molecular weight excluding hydrogens is 396 g/mol. The molecule has 1 aliphatic heterocycles. The van der Waals surface area contributed by atoms with E-state index < -0.39 is 0 Å². The van der Waals surface area contributed by atoms with Crippen molar-refractivity contribution in [3.63, 3.8) is 0 Å². The fourth-order valence-electron chi connectivity index (χ4n) is 3.95. The number of nitrogens with one attached hydrogen (secondary N) is 1. The van der Waals surface area contributed by atoms with Gasteiger partial charge >= 0.3 is 0 Å². The molecule has 0 radical (unpaired) electrons. The number of aromatic nitrogens is 2. The van der Waals surface area contributed by atoms with Crippen LogP contribution in [0.3, 0.4) is 0 Å². The predicted molar refractivity (Wildman–Crippen MR) is 122 cm³/mol. The largest absolute Gasteiger partial charge is 0.495 e. The summed E-state index contributed by atoms with van der Waals surface area (Å²) < 4.78 is 7.54. The highest BCUT2D eigenvalue weighted by Crippen LogP contribution is 2.29. The topological polar surface area (TPSA) is 58.9 Å². The molecule has 0 saturated carbocycles. The third-order valence-electron chi connectivity index (χ3n) is 5.34. The van der Waals surface area contributed by atoms with Crippen LogP contribution in [0.1, 0.15) is 24.1 Å². The molecule has 158 valence electrons. The summed E-state index contributed by atoms with van der Waals surface area (Å²) in [5, 5.41) is 3.21. The van der Waals surface area contributed by atoms with Crippen molar-refractivity contribution >= 4 is 29.0 Å². The SMILES string of the molecule is COc1ccccc1N1CCCC(NC(=O)CSCc2cn3cc(C)ccc3n2)C1. The third-order valence-corrected chi connectivity index (χ3v) is 6.31. The van der Waals surface area contributed by atoms with E-state index in [0.717, 1.165) is 54.5 Å². The second-order valence-electron chi connectivity index (χ2n) is 7.72. The number of ether oxygens (including phenoxy) is 1. The van der Waals surface area contributed by atoms with Gasteiger partial charge in [0.2, 0.25) is 5.91 Å². The molecule has 1 amide bonds. The normalized spacial score (nSPS) is 16.6. The number of carbonyl (C=O) groups is 1. The Balaban J connectivity index is 1.27. The number of nitrogens with zero attached hydrogens (tertiary/aromatic N) is 3. The number of thioether (sulfide) groups is 1. The summed E-state index contributed by atoms with van der Waals surface area (Å²) in [6.45, 7) is 3.86. The van der Waals surface area contributed by atoms with Crippen molar-refractivity contribution in [3.05, 3.63) is 60.0 Å². The molecule has 0 bridgehead atoms. The van der Waals surface area contributed by atoms with Gasteiger partial charge in [0.25, 0.3) is 0 Å². The minimum Gasteiger partial charge on any atom is -0.495 e. The predicted octanol–water partition coefficient (Wildman–Crippen LogP) is 3.67. The summed E-state index contributed by atoms with van der Waals surface area (Å²) in [6.07, 6.45) is 6.17. The molecule has 30 heavy (non-hydrogen) atoms. The monoisotopic (exact) mass is 424 g/mol. The molecule has 3 heterocycles. The van der Waals surface area contributed by atoms with Crippen LogP contribution in [-0.4, -0.2) is 47.3 Å². The van der Waals surface area contributed by atoms with Crippen LogP contribution in [0.15, 0.2) is 48.8 Å². The highest BCUT2D eigenvalue weighted by atomic mass is 32.2. The Morgan fingerprint density at radius 2 is 2.13 bits per heavy atom.